The fraction of sp³-hybridized carbons (Fsp3) is 0.333. The number of fused-ring (bicyclic) bond motifs is 1. The van der Waals surface area contributed by atoms with Crippen LogP contribution < -0.4 is 20.8 Å². The van der Waals surface area contributed by atoms with Gasteiger partial charge in [0.05, 0.1) is 11.1 Å². The fourth-order valence-corrected chi connectivity index (χ4v) is 6.12. The summed E-state index contributed by atoms with van der Waals surface area (Å²) in [6, 6.07) is 1.20. The molecule has 1 saturated heterocycles. The van der Waals surface area contributed by atoms with Crippen LogP contribution in [0.4, 0.5) is 10.1 Å². The highest BCUT2D eigenvalue weighted by atomic mass is 32.1. The standard InChI is InChI=1S/C21H18FN3O4S/c22-13-4-11-16-19(17(13)24-5-9-2-1-3-14(23)12(9)6-24)29-7-10-8-30-20(25(10)16)15(18(11)26)21(27)28/h2,4,8,12,14H,1,3,5-7,23H2,(H,27,28). The largest absolute Gasteiger partial charge is 0.483 e. The highest BCUT2D eigenvalue weighted by Gasteiger charge is 2.38. The molecule has 2 aromatic heterocycles. The summed E-state index contributed by atoms with van der Waals surface area (Å²) >= 11 is 1.18. The van der Waals surface area contributed by atoms with Crippen molar-refractivity contribution in [3.63, 3.8) is 0 Å². The third-order valence-corrected chi connectivity index (χ3v) is 7.47. The van der Waals surface area contributed by atoms with E-state index in [1.165, 1.54) is 16.9 Å². The molecule has 1 aliphatic carbocycles. The summed E-state index contributed by atoms with van der Waals surface area (Å²) in [6.07, 6.45) is 4.03. The van der Waals surface area contributed by atoms with Gasteiger partial charge in [-0.25, -0.2) is 9.18 Å². The van der Waals surface area contributed by atoms with Crippen molar-refractivity contribution in [1.29, 1.82) is 0 Å². The first-order valence-electron chi connectivity index (χ1n) is 9.82. The van der Waals surface area contributed by atoms with Crippen molar-refractivity contribution in [2.75, 3.05) is 18.0 Å². The Kier molecular flexibility index (Phi) is 3.61. The highest BCUT2D eigenvalue weighted by Crippen LogP contribution is 2.45. The molecule has 2 unspecified atom stereocenters. The molecule has 0 bridgehead atoms. The Bertz CT molecular complexity index is 1360. The molecule has 2 aliphatic heterocycles. The van der Waals surface area contributed by atoms with Crippen molar-refractivity contribution < 1.29 is 19.0 Å². The zero-order valence-corrected chi connectivity index (χ0v) is 16.7. The third-order valence-electron chi connectivity index (χ3n) is 6.47. The molecule has 4 heterocycles. The van der Waals surface area contributed by atoms with Crippen molar-refractivity contribution >= 4 is 38.7 Å². The van der Waals surface area contributed by atoms with E-state index in [-0.39, 0.29) is 29.5 Å². The fourth-order valence-electron chi connectivity index (χ4n) is 5.09. The van der Waals surface area contributed by atoms with Crippen molar-refractivity contribution in [2.24, 2.45) is 11.7 Å². The minimum atomic E-state index is -1.31. The lowest BCUT2D eigenvalue weighted by Crippen LogP contribution is -2.34. The number of allylic oxidation sites excluding steroid dienone is 1. The van der Waals surface area contributed by atoms with Gasteiger partial charge in [0.2, 0.25) is 5.43 Å². The van der Waals surface area contributed by atoms with Gasteiger partial charge in [0.15, 0.2) is 11.6 Å². The predicted molar refractivity (Wildman–Crippen MR) is 111 cm³/mol. The maximum absolute atomic E-state index is 15.4. The lowest BCUT2D eigenvalue weighted by atomic mass is 9.86. The molecule has 2 atom stereocenters. The average molecular weight is 427 g/mol. The SMILES string of the molecule is NC1CCC=C2CN(c3c(F)cc4c(=O)c(C(=O)O)c5scc6n5c4c3OC6)CC21. The first-order valence-corrected chi connectivity index (χ1v) is 10.7. The van der Waals surface area contributed by atoms with E-state index < -0.39 is 17.2 Å². The van der Waals surface area contributed by atoms with Gasteiger partial charge in [-0.05, 0) is 24.5 Å². The molecule has 6 rings (SSSR count). The Labute approximate surface area is 173 Å². The number of benzene rings is 1. The Hall–Kier alpha value is -2.91. The number of pyridine rings is 1. The summed E-state index contributed by atoms with van der Waals surface area (Å²) in [7, 11) is 0. The summed E-state index contributed by atoms with van der Waals surface area (Å²) < 4.78 is 23.1. The van der Waals surface area contributed by atoms with Crippen molar-refractivity contribution in [2.45, 2.75) is 25.5 Å². The van der Waals surface area contributed by atoms with Crippen molar-refractivity contribution in [3.05, 3.63) is 50.4 Å². The van der Waals surface area contributed by atoms with Crippen molar-refractivity contribution in [1.82, 2.24) is 4.40 Å². The van der Waals surface area contributed by atoms with Gasteiger partial charge in [0.25, 0.3) is 0 Å². The molecule has 0 radical (unpaired) electrons. The topological polar surface area (TPSA) is 97.3 Å². The molecule has 154 valence electrons. The number of nitrogens with two attached hydrogens (primary N) is 1. The van der Waals surface area contributed by atoms with Crippen LogP contribution in [0.5, 0.6) is 5.75 Å². The minimum Gasteiger partial charge on any atom is -0.483 e. The van der Waals surface area contributed by atoms with Gasteiger partial charge in [0, 0.05) is 30.4 Å². The molecule has 1 aromatic carbocycles. The van der Waals surface area contributed by atoms with E-state index in [1.54, 1.807) is 9.78 Å². The molecular formula is C21H18FN3O4S. The number of aromatic nitrogens is 1. The summed E-state index contributed by atoms with van der Waals surface area (Å²) in [4.78, 5) is 27.0. The second-order valence-corrected chi connectivity index (χ2v) is 8.96. The van der Waals surface area contributed by atoms with E-state index in [0.29, 0.717) is 34.9 Å². The van der Waals surface area contributed by atoms with Crippen LogP contribution in [0.2, 0.25) is 0 Å². The van der Waals surface area contributed by atoms with E-state index in [1.807, 2.05) is 4.90 Å². The summed E-state index contributed by atoms with van der Waals surface area (Å²) in [5.41, 5.74) is 8.00. The lowest BCUT2D eigenvalue weighted by Gasteiger charge is -2.27. The normalized spacial score (nSPS) is 22.5. The zero-order chi connectivity index (χ0) is 20.7. The number of hydrogen-bond acceptors (Lipinski definition) is 6. The van der Waals surface area contributed by atoms with Crippen LogP contribution in [0.15, 0.2) is 27.9 Å². The van der Waals surface area contributed by atoms with Crippen LogP contribution in [0.1, 0.15) is 28.9 Å². The number of carbonyl (C=O) groups is 1. The maximum Gasteiger partial charge on any atom is 0.342 e. The lowest BCUT2D eigenvalue weighted by molar-refractivity contribution is 0.0697. The maximum atomic E-state index is 15.4. The quantitative estimate of drug-likeness (QED) is 0.611. The number of ether oxygens (including phenoxy) is 1. The number of carboxylic acids is 1. The summed E-state index contributed by atoms with van der Waals surface area (Å²) in [6.45, 7) is 1.34. The molecule has 0 spiro atoms. The number of aromatic carboxylic acids is 1. The van der Waals surface area contributed by atoms with Gasteiger partial charge in [-0.15, -0.1) is 11.3 Å². The summed E-state index contributed by atoms with van der Waals surface area (Å²) in [5, 5.41) is 11.4. The van der Waals surface area contributed by atoms with Gasteiger partial charge < -0.3 is 20.5 Å². The van der Waals surface area contributed by atoms with E-state index in [2.05, 4.69) is 6.08 Å². The average Bonchev–Trinajstić information content (AvgIpc) is 3.32. The Morgan fingerprint density at radius 3 is 3.00 bits per heavy atom. The van der Waals surface area contributed by atoms with Gasteiger partial charge >= 0.3 is 5.97 Å². The van der Waals surface area contributed by atoms with Crippen LogP contribution in [-0.2, 0) is 6.61 Å². The van der Waals surface area contributed by atoms with Gasteiger partial charge in [0.1, 0.15) is 28.2 Å². The van der Waals surface area contributed by atoms with Crippen LogP contribution >= 0.6 is 11.3 Å². The van der Waals surface area contributed by atoms with Crippen LogP contribution in [0.25, 0.3) is 15.7 Å². The first-order chi connectivity index (χ1) is 14.5. The molecule has 3 N–H and O–H groups in total. The Morgan fingerprint density at radius 2 is 2.23 bits per heavy atom. The molecule has 3 aliphatic rings. The van der Waals surface area contributed by atoms with Crippen LogP contribution in [-0.4, -0.2) is 34.6 Å². The molecule has 1 fully saturated rings. The van der Waals surface area contributed by atoms with Gasteiger partial charge in [-0.3, -0.25) is 9.20 Å². The minimum absolute atomic E-state index is 0.0213. The molecule has 0 amide bonds. The molecule has 3 aromatic rings. The van der Waals surface area contributed by atoms with Crippen LogP contribution in [0.3, 0.4) is 0 Å². The number of halogens is 1. The van der Waals surface area contributed by atoms with E-state index in [4.69, 9.17) is 10.5 Å². The molecule has 9 heteroatoms. The number of carboxylic acid groups (broad SMARTS) is 1. The highest BCUT2D eigenvalue weighted by molar-refractivity contribution is 7.16. The van der Waals surface area contributed by atoms with E-state index >= 15 is 4.39 Å². The van der Waals surface area contributed by atoms with Gasteiger partial charge in [-0.1, -0.05) is 6.08 Å². The Balaban J connectivity index is 1.64. The van der Waals surface area contributed by atoms with E-state index in [0.717, 1.165) is 24.6 Å². The number of anilines is 1. The second kappa shape index (κ2) is 6.05. The predicted octanol–water partition coefficient (Wildman–Crippen LogP) is 2.73. The molecule has 30 heavy (non-hydrogen) atoms. The number of hydrogen-bond donors (Lipinski definition) is 2. The van der Waals surface area contributed by atoms with Crippen LogP contribution in [0, 0.1) is 11.7 Å². The van der Waals surface area contributed by atoms with Crippen molar-refractivity contribution in [3.8, 4) is 5.75 Å². The first kappa shape index (κ1) is 17.9. The summed E-state index contributed by atoms with van der Waals surface area (Å²) in [5.74, 6) is -1.42. The zero-order valence-electron chi connectivity index (χ0n) is 15.9. The molecular weight excluding hydrogens is 409 g/mol. The monoisotopic (exact) mass is 427 g/mol. The Morgan fingerprint density at radius 1 is 1.40 bits per heavy atom. The number of nitrogens with zero attached hydrogens (tertiary/aromatic N) is 2. The molecule has 7 nitrogen and oxygen atoms in total. The van der Waals surface area contributed by atoms with E-state index in [9.17, 15) is 14.7 Å². The number of thiazole rings is 1. The number of rotatable bonds is 2. The molecule has 0 saturated carbocycles. The van der Waals surface area contributed by atoms with Gasteiger partial charge in [-0.2, -0.15) is 0 Å². The smallest absolute Gasteiger partial charge is 0.342 e. The second-order valence-electron chi connectivity index (χ2n) is 8.11. The third kappa shape index (κ3) is 2.21.